The molecule has 0 fully saturated rings. The van der Waals surface area contributed by atoms with Crippen LogP contribution in [-0.2, 0) is 14.9 Å². The second-order valence-corrected chi connectivity index (χ2v) is 9.32. The van der Waals surface area contributed by atoms with Gasteiger partial charge in [0, 0.05) is 9.89 Å². The Labute approximate surface area is 200 Å². The number of nitrogens with zero attached hydrogens (tertiary/aromatic N) is 3. The van der Waals surface area contributed by atoms with E-state index < -0.39 is 17.5 Å². The molecule has 0 radical (unpaired) electrons. The minimum Gasteiger partial charge on any atom is -0.493 e. The average molecular weight is 516 g/mol. The number of carbonyl (C=O) groups is 1. The Balaban J connectivity index is 2.04. The predicted molar refractivity (Wildman–Crippen MR) is 130 cm³/mol. The molecule has 1 heterocycles. The first-order chi connectivity index (χ1) is 15.5. The number of rotatable bonds is 6. The van der Waals surface area contributed by atoms with Crippen LogP contribution in [0.4, 0.5) is 0 Å². The lowest BCUT2D eigenvalue weighted by Gasteiger charge is -2.21. The fourth-order valence-electron chi connectivity index (χ4n) is 3.13. The Morgan fingerprint density at radius 3 is 2.52 bits per heavy atom. The van der Waals surface area contributed by atoms with E-state index in [1.807, 2.05) is 32.9 Å². The van der Waals surface area contributed by atoms with Gasteiger partial charge >= 0.3 is 5.97 Å². The van der Waals surface area contributed by atoms with Gasteiger partial charge in [0.15, 0.2) is 17.6 Å². The van der Waals surface area contributed by atoms with Gasteiger partial charge in [-0.15, -0.1) is 0 Å². The van der Waals surface area contributed by atoms with Gasteiger partial charge in [0.05, 0.1) is 31.3 Å². The third-order valence-electron chi connectivity index (χ3n) is 4.83. The fraction of sp³-hybridized carbons (Fsp3) is 0.333. The van der Waals surface area contributed by atoms with Crippen LogP contribution < -0.4 is 15.0 Å². The van der Waals surface area contributed by atoms with Crippen LogP contribution in [0.1, 0.15) is 39.1 Å². The van der Waals surface area contributed by atoms with Crippen LogP contribution in [0.5, 0.6) is 11.5 Å². The minimum atomic E-state index is -0.792. The van der Waals surface area contributed by atoms with Gasteiger partial charge in [-0.1, -0.05) is 36.7 Å². The normalized spacial score (nSPS) is 12.7. The highest BCUT2D eigenvalue weighted by Gasteiger charge is 2.23. The van der Waals surface area contributed by atoms with Crippen LogP contribution in [0, 0.1) is 0 Å². The van der Waals surface area contributed by atoms with Gasteiger partial charge in [0.2, 0.25) is 0 Å². The summed E-state index contributed by atoms with van der Waals surface area (Å²) >= 11 is 3.41. The molecule has 8 nitrogen and oxygen atoms in total. The van der Waals surface area contributed by atoms with Gasteiger partial charge < -0.3 is 14.2 Å². The molecular weight excluding hydrogens is 490 g/mol. The molecule has 1 aromatic heterocycles. The van der Waals surface area contributed by atoms with Gasteiger partial charge in [-0.2, -0.15) is 9.78 Å². The molecule has 33 heavy (non-hydrogen) atoms. The molecule has 3 rings (SSSR count). The lowest BCUT2D eigenvalue weighted by atomic mass is 9.95. The van der Waals surface area contributed by atoms with E-state index in [1.54, 1.807) is 37.4 Å². The molecule has 0 bridgehead atoms. The number of esters is 1. The Hall–Kier alpha value is -3.20. The first-order valence-corrected chi connectivity index (χ1v) is 11.0. The molecule has 0 saturated carbocycles. The van der Waals surface area contributed by atoms with Crippen molar-refractivity contribution >= 4 is 39.0 Å². The number of methoxy groups -OCH3 is 2. The largest absolute Gasteiger partial charge is 0.493 e. The van der Waals surface area contributed by atoms with E-state index in [2.05, 4.69) is 25.8 Å². The van der Waals surface area contributed by atoms with Crippen molar-refractivity contribution in [3.05, 3.63) is 62.6 Å². The summed E-state index contributed by atoms with van der Waals surface area (Å²) < 4.78 is 17.8. The van der Waals surface area contributed by atoms with Crippen LogP contribution >= 0.6 is 15.9 Å². The molecule has 0 aliphatic heterocycles. The van der Waals surface area contributed by atoms with Gasteiger partial charge in [-0.3, -0.25) is 4.79 Å². The predicted octanol–water partition coefficient (Wildman–Crippen LogP) is 4.29. The number of hydrogen-bond acceptors (Lipinski definition) is 7. The first-order valence-electron chi connectivity index (χ1n) is 10.2. The minimum absolute atomic E-state index is 0.263. The summed E-state index contributed by atoms with van der Waals surface area (Å²) in [6.45, 7) is 7.52. The van der Waals surface area contributed by atoms with E-state index >= 15 is 0 Å². The number of ether oxygens (including phenoxy) is 3. The maximum absolute atomic E-state index is 13.3. The van der Waals surface area contributed by atoms with Crippen LogP contribution in [0.2, 0.25) is 0 Å². The smallest absolute Gasteiger partial charge is 0.346 e. The van der Waals surface area contributed by atoms with E-state index in [1.165, 1.54) is 18.9 Å². The summed E-state index contributed by atoms with van der Waals surface area (Å²) in [6, 6.07) is 10.5. The number of benzene rings is 2. The molecule has 3 aromatic rings. The van der Waals surface area contributed by atoms with Crippen LogP contribution in [0.3, 0.4) is 0 Å². The van der Waals surface area contributed by atoms with Gasteiger partial charge in [0.25, 0.3) is 5.56 Å². The van der Waals surface area contributed by atoms with Crippen molar-refractivity contribution in [1.82, 2.24) is 9.66 Å². The lowest BCUT2D eigenvalue weighted by molar-refractivity contribution is -0.147. The molecule has 0 N–H and O–H groups in total. The monoisotopic (exact) mass is 515 g/mol. The topological polar surface area (TPSA) is 92.0 Å². The second-order valence-electron chi connectivity index (χ2n) is 8.40. The standard InChI is InChI=1S/C24H26BrN3O5/c1-14(22(30)32-6)33-19-10-7-15(11-20(19)31-5)13-26-28-21(29)17-12-16(25)8-9-18(17)27-23(28)24(2,3)4/h7-14H,1-6H3/t14-/m1/s1. The highest BCUT2D eigenvalue weighted by Crippen LogP contribution is 2.29. The summed E-state index contributed by atoms with van der Waals surface area (Å²) in [5, 5.41) is 4.93. The number of halogens is 1. The Kier molecular flexibility index (Phi) is 7.22. The molecule has 0 saturated heterocycles. The number of fused-ring (bicyclic) bond motifs is 1. The molecule has 174 valence electrons. The third kappa shape index (κ3) is 5.42. The zero-order chi connectivity index (χ0) is 24.3. The second kappa shape index (κ2) is 9.74. The Morgan fingerprint density at radius 2 is 1.88 bits per heavy atom. The van der Waals surface area contributed by atoms with Crippen LogP contribution in [-0.4, -0.2) is 42.2 Å². The molecule has 1 atom stereocenters. The Bertz CT molecular complexity index is 1280. The van der Waals surface area contributed by atoms with Crippen molar-refractivity contribution in [2.24, 2.45) is 5.10 Å². The molecular formula is C24H26BrN3O5. The van der Waals surface area contributed by atoms with E-state index in [-0.39, 0.29) is 5.56 Å². The molecule has 2 aromatic carbocycles. The average Bonchev–Trinajstić information content (AvgIpc) is 2.78. The molecule has 0 spiro atoms. The van der Waals surface area contributed by atoms with Gasteiger partial charge in [-0.05, 0) is 48.9 Å². The number of hydrogen-bond donors (Lipinski definition) is 0. The highest BCUT2D eigenvalue weighted by molar-refractivity contribution is 9.10. The zero-order valence-corrected chi connectivity index (χ0v) is 21.0. The highest BCUT2D eigenvalue weighted by atomic mass is 79.9. The van der Waals surface area contributed by atoms with Gasteiger partial charge in [0.1, 0.15) is 5.82 Å². The lowest BCUT2D eigenvalue weighted by Crippen LogP contribution is -2.29. The summed E-state index contributed by atoms with van der Waals surface area (Å²) in [7, 11) is 2.80. The van der Waals surface area contributed by atoms with Gasteiger partial charge in [-0.25, -0.2) is 9.78 Å². The SMILES string of the molecule is COC(=O)[C@@H](C)Oc1ccc(C=Nn2c(C(C)(C)C)nc3ccc(Br)cc3c2=O)cc1OC. The molecule has 0 amide bonds. The quantitative estimate of drug-likeness (QED) is 0.359. The number of aromatic nitrogens is 2. The maximum Gasteiger partial charge on any atom is 0.346 e. The maximum atomic E-state index is 13.3. The summed E-state index contributed by atoms with van der Waals surface area (Å²) in [6.07, 6.45) is 0.761. The van der Waals surface area contributed by atoms with E-state index in [0.29, 0.717) is 33.8 Å². The number of carbonyl (C=O) groups excluding carboxylic acids is 1. The van der Waals surface area contributed by atoms with Crippen molar-refractivity contribution < 1.29 is 19.0 Å². The summed E-state index contributed by atoms with van der Waals surface area (Å²) in [5.74, 6) is 0.848. The zero-order valence-electron chi connectivity index (χ0n) is 19.4. The van der Waals surface area contributed by atoms with Crippen molar-refractivity contribution in [2.45, 2.75) is 39.2 Å². The third-order valence-corrected chi connectivity index (χ3v) is 5.32. The van der Waals surface area contributed by atoms with E-state index in [9.17, 15) is 9.59 Å². The summed E-state index contributed by atoms with van der Waals surface area (Å²) in [5.41, 5.74) is 0.603. The van der Waals surface area contributed by atoms with Crippen LogP contribution in [0.25, 0.3) is 10.9 Å². The Morgan fingerprint density at radius 1 is 1.15 bits per heavy atom. The molecule has 9 heteroatoms. The van der Waals surface area contributed by atoms with Crippen molar-refractivity contribution in [3.8, 4) is 11.5 Å². The van der Waals surface area contributed by atoms with Crippen molar-refractivity contribution in [2.75, 3.05) is 14.2 Å². The van der Waals surface area contributed by atoms with E-state index in [4.69, 9.17) is 14.5 Å². The fourth-order valence-corrected chi connectivity index (χ4v) is 3.49. The molecule has 0 aliphatic rings. The van der Waals surface area contributed by atoms with Crippen LogP contribution in [0.15, 0.2) is 50.8 Å². The van der Waals surface area contributed by atoms with E-state index in [0.717, 1.165) is 4.47 Å². The molecule has 0 aliphatic carbocycles. The first kappa shape index (κ1) is 24.4. The van der Waals surface area contributed by atoms with Crippen molar-refractivity contribution in [1.29, 1.82) is 0 Å². The summed E-state index contributed by atoms with van der Waals surface area (Å²) in [4.78, 5) is 29.6. The van der Waals surface area contributed by atoms with Crippen molar-refractivity contribution in [3.63, 3.8) is 0 Å². The molecule has 0 unspecified atom stereocenters.